The molecule has 0 aliphatic carbocycles. The molecule has 0 spiro atoms. The second-order valence-electron chi connectivity index (χ2n) is 11.5. The fourth-order valence-corrected chi connectivity index (χ4v) is 7.67. The van der Waals surface area contributed by atoms with E-state index in [1.807, 2.05) is 48.5 Å². The van der Waals surface area contributed by atoms with Crippen LogP contribution in [0, 0.1) is 27.7 Å². The van der Waals surface area contributed by atoms with Gasteiger partial charge < -0.3 is 0 Å². The molecular weight excluding hydrogens is 597 g/mol. The lowest BCUT2D eigenvalue weighted by Gasteiger charge is -2.16. The number of hydrogen-bond acceptors (Lipinski definition) is 6. The largest absolute Gasteiger partial charge is 0.287 e. The van der Waals surface area contributed by atoms with Crippen molar-refractivity contribution in [2.45, 2.75) is 69.0 Å². The molecule has 0 aliphatic heterocycles. The van der Waals surface area contributed by atoms with Crippen molar-refractivity contribution in [3.63, 3.8) is 0 Å². The SMILES string of the molecule is Cc1ccc(C)c(CSc2nc3ccccc3c(=O)n2CCCn2c(SCc3cc(C)ccc3C)nc3ccccc3c2=O)c1. The van der Waals surface area contributed by atoms with Gasteiger partial charge in [-0.2, -0.15) is 0 Å². The van der Waals surface area contributed by atoms with E-state index in [1.165, 1.54) is 33.4 Å². The number of hydrogen-bond donors (Lipinski definition) is 0. The molecule has 0 N–H and O–H groups in total. The molecule has 228 valence electrons. The average Bonchev–Trinajstić information content (AvgIpc) is 3.04. The predicted octanol–water partition coefficient (Wildman–Crippen LogP) is 8.01. The second-order valence-corrected chi connectivity index (χ2v) is 13.4. The summed E-state index contributed by atoms with van der Waals surface area (Å²) in [6.45, 7) is 9.28. The van der Waals surface area contributed by atoms with Crippen LogP contribution in [0.2, 0.25) is 0 Å². The molecule has 6 nitrogen and oxygen atoms in total. The highest BCUT2D eigenvalue weighted by atomic mass is 32.2. The van der Waals surface area contributed by atoms with Crippen molar-refractivity contribution in [2.75, 3.05) is 0 Å². The minimum Gasteiger partial charge on any atom is -0.287 e. The number of aromatic nitrogens is 4. The van der Waals surface area contributed by atoms with Crippen LogP contribution in [-0.2, 0) is 24.6 Å². The lowest BCUT2D eigenvalue weighted by Crippen LogP contribution is -2.27. The fourth-order valence-electron chi connectivity index (χ4n) is 5.49. The zero-order valence-electron chi connectivity index (χ0n) is 26.0. The Morgan fingerprint density at radius 2 is 1.00 bits per heavy atom. The first kappa shape index (κ1) is 30.9. The van der Waals surface area contributed by atoms with Gasteiger partial charge in [-0.15, -0.1) is 0 Å². The molecule has 0 unspecified atom stereocenters. The van der Waals surface area contributed by atoms with E-state index in [0.29, 0.717) is 63.1 Å². The fraction of sp³-hybridized carbons (Fsp3) is 0.243. The monoisotopic (exact) mass is 632 g/mol. The van der Waals surface area contributed by atoms with Gasteiger partial charge in [0.2, 0.25) is 0 Å². The zero-order valence-corrected chi connectivity index (χ0v) is 27.7. The summed E-state index contributed by atoms with van der Waals surface area (Å²) in [4.78, 5) is 37.4. The Hall–Kier alpha value is -4.14. The summed E-state index contributed by atoms with van der Waals surface area (Å²) in [6.07, 6.45) is 0.577. The molecule has 2 heterocycles. The Kier molecular flexibility index (Phi) is 9.24. The van der Waals surface area contributed by atoms with Crippen LogP contribution in [0.4, 0.5) is 0 Å². The Balaban J connectivity index is 1.30. The van der Waals surface area contributed by atoms with Crippen LogP contribution >= 0.6 is 23.5 Å². The maximum atomic E-state index is 13.8. The van der Waals surface area contributed by atoms with E-state index in [0.717, 1.165) is 0 Å². The highest BCUT2D eigenvalue weighted by Crippen LogP contribution is 2.27. The molecule has 0 bridgehead atoms. The van der Waals surface area contributed by atoms with Gasteiger partial charge in [0.25, 0.3) is 11.1 Å². The number of thioether (sulfide) groups is 2. The van der Waals surface area contributed by atoms with E-state index in [4.69, 9.17) is 9.97 Å². The quantitative estimate of drug-likeness (QED) is 0.113. The molecule has 6 aromatic rings. The number of fused-ring (bicyclic) bond motifs is 2. The summed E-state index contributed by atoms with van der Waals surface area (Å²) in [7, 11) is 0. The highest BCUT2D eigenvalue weighted by Gasteiger charge is 2.15. The molecule has 0 atom stereocenters. The van der Waals surface area contributed by atoms with E-state index in [1.54, 1.807) is 32.7 Å². The Bertz CT molecular complexity index is 2000. The van der Waals surface area contributed by atoms with Crippen molar-refractivity contribution in [1.29, 1.82) is 0 Å². The van der Waals surface area contributed by atoms with Gasteiger partial charge in [0.05, 0.1) is 21.8 Å². The molecule has 4 aromatic carbocycles. The molecule has 2 aromatic heterocycles. The Morgan fingerprint density at radius 3 is 1.44 bits per heavy atom. The van der Waals surface area contributed by atoms with Crippen LogP contribution in [0.1, 0.15) is 39.8 Å². The molecule has 45 heavy (non-hydrogen) atoms. The van der Waals surface area contributed by atoms with Crippen molar-refractivity contribution < 1.29 is 0 Å². The standard InChI is InChI=1S/C37H36N4O2S2/c1-24-14-16-26(3)28(20-24)22-44-36-38-32-12-7-5-10-30(32)34(42)40(36)18-9-19-41-35(43)31-11-6-8-13-33(31)39-37(41)45-23-29-21-25(2)15-17-27(29)4/h5-8,10-17,20-21H,9,18-19,22-23H2,1-4H3. The smallest absolute Gasteiger partial charge is 0.262 e. The van der Waals surface area contributed by atoms with Gasteiger partial charge in [0, 0.05) is 24.6 Å². The molecule has 8 heteroatoms. The van der Waals surface area contributed by atoms with Crippen molar-refractivity contribution >= 4 is 45.3 Å². The normalized spacial score (nSPS) is 11.5. The first-order valence-corrected chi connectivity index (χ1v) is 17.1. The number of rotatable bonds is 10. The van der Waals surface area contributed by atoms with Gasteiger partial charge in [0.1, 0.15) is 0 Å². The lowest BCUT2D eigenvalue weighted by atomic mass is 10.1. The summed E-state index contributed by atoms with van der Waals surface area (Å²) in [5, 5.41) is 2.58. The first-order chi connectivity index (χ1) is 21.8. The molecule has 0 radical (unpaired) electrons. The number of para-hydroxylation sites is 2. The minimum atomic E-state index is -0.0578. The van der Waals surface area contributed by atoms with Crippen LogP contribution in [-0.4, -0.2) is 19.1 Å². The third-order valence-corrected chi connectivity index (χ3v) is 10.2. The molecule has 0 saturated heterocycles. The number of nitrogens with zero attached hydrogens (tertiary/aromatic N) is 4. The van der Waals surface area contributed by atoms with Crippen molar-refractivity contribution in [2.24, 2.45) is 0 Å². The number of aryl methyl sites for hydroxylation is 4. The second kappa shape index (κ2) is 13.5. The first-order valence-electron chi connectivity index (χ1n) is 15.2. The molecule has 6 rings (SSSR count). The van der Waals surface area contributed by atoms with Gasteiger partial charge >= 0.3 is 0 Å². The van der Waals surface area contributed by atoms with Crippen LogP contribution in [0.25, 0.3) is 21.8 Å². The third-order valence-electron chi connectivity index (χ3n) is 8.14. The van der Waals surface area contributed by atoms with E-state index < -0.39 is 0 Å². The van der Waals surface area contributed by atoms with Crippen molar-refractivity contribution in [3.8, 4) is 0 Å². The van der Waals surface area contributed by atoms with E-state index in [9.17, 15) is 9.59 Å². The van der Waals surface area contributed by atoms with Gasteiger partial charge in [-0.05, 0) is 80.6 Å². The summed E-state index contributed by atoms with van der Waals surface area (Å²) < 4.78 is 3.56. The number of benzene rings is 4. The zero-order chi connectivity index (χ0) is 31.5. The van der Waals surface area contributed by atoms with Crippen LogP contribution in [0.15, 0.2) is 105 Å². The minimum absolute atomic E-state index is 0.0578. The van der Waals surface area contributed by atoms with Crippen LogP contribution in [0.3, 0.4) is 0 Å². The summed E-state index contributed by atoms with van der Waals surface area (Å²) in [5.74, 6) is 1.43. The predicted molar refractivity (Wildman–Crippen MR) is 188 cm³/mol. The van der Waals surface area contributed by atoms with E-state index >= 15 is 0 Å². The van der Waals surface area contributed by atoms with Gasteiger partial charge in [-0.3, -0.25) is 18.7 Å². The van der Waals surface area contributed by atoms with Gasteiger partial charge in [-0.1, -0.05) is 95.3 Å². The molecule has 0 amide bonds. The maximum absolute atomic E-state index is 13.8. The molecule has 0 saturated carbocycles. The van der Waals surface area contributed by atoms with E-state index in [-0.39, 0.29) is 11.1 Å². The maximum Gasteiger partial charge on any atom is 0.262 e. The topological polar surface area (TPSA) is 69.8 Å². The molecule has 0 fully saturated rings. The Labute approximate surface area is 271 Å². The summed E-state index contributed by atoms with van der Waals surface area (Å²) >= 11 is 3.16. The van der Waals surface area contributed by atoms with Crippen molar-refractivity contribution in [1.82, 2.24) is 19.1 Å². The molecular formula is C37H36N4O2S2. The summed E-state index contributed by atoms with van der Waals surface area (Å²) in [5.41, 5.74) is 8.59. The van der Waals surface area contributed by atoms with Gasteiger partial charge in [-0.25, -0.2) is 9.97 Å². The Morgan fingerprint density at radius 1 is 0.578 bits per heavy atom. The van der Waals surface area contributed by atoms with Crippen molar-refractivity contribution in [3.05, 3.63) is 139 Å². The van der Waals surface area contributed by atoms with Crippen LogP contribution in [0.5, 0.6) is 0 Å². The van der Waals surface area contributed by atoms with Crippen LogP contribution < -0.4 is 11.1 Å². The average molecular weight is 633 g/mol. The van der Waals surface area contributed by atoms with Gasteiger partial charge in [0.15, 0.2) is 10.3 Å². The molecule has 0 aliphatic rings. The van der Waals surface area contributed by atoms with E-state index in [2.05, 4.69) is 64.1 Å². The third kappa shape index (κ3) is 6.77. The summed E-state index contributed by atoms with van der Waals surface area (Å²) in [6, 6.07) is 27.9. The lowest BCUT2D eigenvalue weighted by molar-refractivity contribution is 0.489. The highest BCUT2D eigenvalue weighted by molar-refractivity contribution is 7.98.